The number of para-hydroxylation sites is 1. The lowest BCUT2D eigenvalue weighted by atomic mass is 10.1. The summed E-state index contributed by atoms with van der Waals surface area (Å²) in [5.74, 6) is 1.07. The first-order valence-electron chi connectivity index (χ1n) is 7.36. The van der Waals surface area contributed by atoms with E-state index in [1.165, 1.54) is 0 Å². The highest BCUT2D eigenvalue weighted by molar-refractivity contribution is 5.80. The van der Waals surface area contributed by atoms with Crippen LogP contribution in [0, 0.1) is 22.7 Å². The molecule has 3 aromatic rings. The first kappa shape index (κ1) is 16.0. The number of H-pyrrole nitrogens is 1. The molecule has 0 spiro atoms. The van der Waals surface area contributed by atoms with Crippen LogP contribution in [0.4, 0.5) is 0 Å². The Balaban J connectivity index is 2.10. The Kier molecular flexibility index (Phi) is 4.59. The summed E-state index contributed by atoms with van der Waals surface area (Å²) in [7, 11) is 0. The highest BCUT2D eigenvalue weighted by Crippen LogP contribution is 2.31. The van der Waals surface area contributed by atoms with Crippen molar-refractivity contribution in [3.63, 3.8) is 0 Å². The molecule has 0 saturated carbocycles. The fraction of sp³-hybridized carbons (Fsp3) is 0.111. The van der Waals surface area contributed by atoms with Crippen LogP contribution in [0.1, 0.15) is 0 Å². The van der Waals surface area contributed by atoms with Crippen molar-refractivity contribution in [3.8, 4) is 35.0 Å². The van der Waals surface area contributed by atoms with Gasteiger partial charge in [-0.05, 0) is 24.3 Å². The third-order valence-corrected chi connectivity index (χ3v) is 3.42. The first-order valence-corrected chi connectivity index (χ1v) is 7.36. The van der Waals surface area contributed by atoms with Gasteiger partial charge in [-0.15, -0.1) is 0 Å². The Labute approximate surface area is 142 Å². The minimum Gasteiger partial charge on any atom is -0.479 e. The standard InChI is InChI=1S/C18H12N4O3/c19-7-9-24-12-5-6-14(16(11-12)25-10-8-20)17-21-15-4-2-1-3-13(15)18(23)22-17/h1-6,11H,9-10H2,(H,21,22,23). The van der Waals surface area contributed by atoms with Gasteiger partial charge in [0.15, 0.2) is 13.2 Å². The van der Waals surface area contributed by atoms with Gasteiger partial charge in [0.1, 0.15) is 29.5 Å². The van der Waals surface area contributed by atoms with Crippen molar-refractivity contribution in [2.45, 2.75) is 0 Å². The van der Waals surface area contributed by atoms with Crippen molar-refractivity contribution in [3.05, 3.63) is 52.8 Å². The average molecular weight is 332 g/mol. The highest BCUT2D eigenvalue weighted by atomic mass is 16.5. The van der Waals surface area contributed by atoms with E-state index in [2.05, 4.69) is 9.97 Å². The van der Waals surface area contributed by atoms with Crippen molar-refractivity contribution >= 4 is 10.9 Å². The zero-order valence-electron chi connectivity index (χ0n) is 13.0. The summed E-state index contributed by atoms with van der Waals surface area (Å²) in [6.45, 7) is -0.283. The lowest BCUT2D eigenvalue weighted by Gasteiger charge is -2.11. The van der Waals surface area contributed by atoms with Gasteiger partial charge in [-0.3, -0.25) is 4.79 Å². The third kappa shape index (κ3) is 3.41. The number of nitrogens with zero attached hydrogens (tertiary/aromatic N) is 3. The van der Waals surface area contributed by atoms with E-state index >= 15 is 0 Å². The molecule has 0 amide bonds. The summed E-state index contributed by atoms with van der Waals surface area (Å²) in [4.78, 5) is 19.4. The second-order valence-corrected chi connectivity index (χ2v) is 4.98. The van der Waals surface area contributed by atoms with E-state index in [-0.39, 0.29) is 18.8 Å². The Morgan fingerprint density at radius 2 is 1.80 bits per heavy atom. The van der Waals surface area contributed by atoms with Gasteiger partial charge in [-0.2, -0.15) is 10.5 Å². The van der Waals surface area contributed by atoms with Gasteiger partial charge in [0.25, 0.3) is 5.56 Å². The molecule has 1 N–H and O–H groups in total. The summed E-state index contributed by atoms with van der Waals surface area (Å²) in [6.07, 6.45) is 0. The minimum absolute atomic E-state index is 0.109. The molecule has 1 aromatic heterocycles. The van der Waals surface area contributed by atoms with E-state index in [9.17, 15) is 4.79 Å². The first-order chi connectivity index (χ1) is 12.2. The lowest BCUT2D eigenvalue weighted by Crippen LogP contribution is -2.10. The number of hydrogen-bond acceptors (Lipinski definition) is 6. The molecule has 3 rings (SSSR count). The van der Waals surface area contributed by atoms with Crippen LogP contribution in [0.15, 0.2) is 47.3 Å². The normalized spacial score (nSPS) is 10.0. The number of aromatic nitrogens is 2. The summed E-state index contributed by atoms with van der Waals surface area (Å²) in [6, 6.07) is 15.6. The number of nitriles is 2. The second kappa shape index (κ2) is 7.16. The van der Waals surface area contributed by atoms with Gasteiger partial charge < -0.3 is 14.5 Å². The van der Waals surface area contributed by atoms with E-state index in [1.807, 2.05) is 12.1 Å². The van der Waals surface area contributed by atoms with E-state index in [4.69, 9.17) is 20.0 Å². The predicted octanol–water partition coefficient (Wildman–Crippen LogP) is 2.39. The topological polar surface area (TPSA) is 112 Å². The van der Waals surface area contributed by atoms with Crippen molar-refractivity contribution in [2.75, 3.05) is 13.2 Å². The minimum atomic E-state index is -0.267. The maximum Gasteiger partial charge on any atom is 0.259 e. The van der Waals surface area contributed by atoms with E-state index in [0.29, 0.717) is 33.8 Å². The number of rotatable bonds is 5. The van der Waals surface area contributed by atoms with Gasteiger partial charge in [0.05, 0.1) is 16.5 Å². The Morgan fingerprint density at radius 1 is 1.04 bits per heavy atom. The number of aromatic amines is 1. The lowest BCUT2D eigenvalue weighted by molar-refractivity contribution is 0.350. The molecule has 0 unspecified atom stereocenters. The molecule has 7 heteroatoms. The summed E-state index contributed by atoms with van der Waals surface area (Å²) >= 11 is 0. The van der Waals surface area contributed by atoms with Crippen molar-refractivity contribution in [2.24, 2.45) is 0 Å². The van der Waals surface area contributed by atoms with Crippen LogP contribution in [0.3, 0.4) is 0 Å². The quantitative estimate of drug-likeness (QED) is 0.768. The van der Waals surface area contributed by atoms with Gasteiger partial charge >= 0.3 is 0 Å². The molecule has 0 aliphatic heterocycles. The fourth-order valence-corrected chi connectivity index (χ4v) is 2.35. The molecule has 25 heavy (non-hydrogen) atoms. The summed E-state index contributed by atoms with van der Waals surface area (Å²) in [5.41, 5.74) is 0.802. The van der Waals surface area contributed by atoms with Crippen LogP contribution in [0.5, 0.6) is 11.5 Å². The number of benzene rings is 2. The smallest absolute Gasteiger partial charge is 0.259 e. The number of fused-ring (bicyclic) bond motifs is 1. The van der Waals surface area contributed by atoms with Crippen molar-refractivity contribution < 1.29 is 9.47 Å². The average Bonchev–Trinajstić information content (AvgIpc) is 2.64. The Hall–Kier alpha value is -3.84. The molecule has 7 nitrogen and oxygen atoms in total. The maximum absolute atomic E-state index is 12.3. The number of ether oxygens (including phenoxy) is 2. The van der Waals surface area contributed by atoms with Crippen molar-refractivity contribution in [1.82, 2.24) is 9.97 Å². The van der Waals surface area contributed by atoms with Crippen LogP contribution in [-0.2, 0) is 0 Å². The number of nitrogens with one attached hydrogen (secondary N) is 1. The monoisotopic (exact) mass is 332 g/mol. The maximum atomic E-state index is 12.3. The Bertz CT molecular complexity index is 1060. The zero-order chi connectivity index (χ0) is 17.6. The molecule has 0 aliphatic rings. The van der Waals surface area contributed by atoms with Crippen LogP contribution in [-0.4, -0.2) is 23.2 Å². The largest absolute Gasteiger partial charge is 0.479 e. The molecule has 0 saturated heterocycles. The Morgan fingerprint density at radius 3 is 2.60 bits per heavy atom. The van der Waals surface area contributed by atoms with Gasteiger partial charge in [-0.25, -0.2) is 4.98 Å². The predicted molar refractivity (Wildman–Crippen MR) is 90.0 cm³/mol. The highest BCUT2D eigenvalue weighted by Gasteiger charge is 2.13. The summed E-state index contributed by atoms with van der Waals surface area (Å²) in [5, 5.41) is 17.9. The van der Waals surface area contributed by atoms with E-state index < -0.39 is 0 Å². The van der Waals surface area contributed by atoms with Crippen LogP contribution >= 0.6 is 0 Å². The molecular formula is C18H12N4O3. The zero-order valence-corrected chi connectivity index (χ0v) is 13.0. The van der Waals surface area contributed by atoms with Gasteiger partial charge in [-0.1, -0.05) is 12.1 Å². The van der Waals surface area contributed by atoms with Crippen LogP contribution < -0.4 is 15.0 Å². The molecule has 0 atom stereocenters. The molecule has 1 heterocycles. The molecular weight excluding hydrogens is 320 g/mol. The van der Waals surface area contributed by atoms with E-state index in [1.54, 1.807) is 42.5 Å². The molecule has 0 radical (unpaired) electrons. The number of hydrogen-bond donors (Lipinski definition) is 1. The second-order valence-electron chi connectivity index (χ2n) is 4.98. The van der Waals surface area contributed by atoms with Gasteiger partial charge in [0, 0.05) is 6.07 Å². The molecule has 0 bridgehead atoms. The summed E-state index contributed by atoms with van der Waals surface area (Å²) < 4.78 is 10.7. The molecule has 2 aromatic carbocycles. The SMILES string of the molecule is N#CCOc1ccc(-c2nc3ccccc3c(=O)[nH]2)c(OCC#N)c1. The molecule has 0 aliphatic carbocycles. The van der Waals surface area contributed by atoms with Crippen LogP contribution in [0.2, 0.25) is 0 Å². The fourth-order valence-electron chi connectivity index (χ4n) is 2.35. The van der Waals surface area contributed by atoms with E-state index in [0.717, 1.165) is 0 Å². The van der Waals surface area contributed by atoms with Gasteiger partial charge in [0.2, 0.25) is 0 Å². The molecule has 122 valence electrons. The van der Waals surface area contributed by atoms with Crippen molar-refractivity contribution in [1.29, 1.82) is 10.5 Å². The molecule has 0 fully saturated rings. The third-order valence-electron chi connectivity index (χ3n) is 3.42. The van der Waals surface area contributed by atoms with Crippen LogP contribution in [0.25, 0.3) is 22.3 Å².